The summed E-state index contributed by atoms with van der Waals surface area (Å²) in [7, 11) is 2.24. The van der Waals surface area contributed by atoms with Gasteiger partial charge in [0.2, 0.25) is 0 Å². The fraction of sp³-hybridized carbons (Fsp3) is 0.556. The number of aromatic amines is 1. The number of nitrogen functional groups attached to an aromatic ring is 1. The molecule has 5 heterocycles. The maximum Gasteiger partial charge on any atom is 0.167 e. The second-order valence-electron chi connectivity index (χ2n) is 11.0. The van der Waals surface area contributed by atoms with Gasteiger partial charge in [0.05, 0.1) is 36.7 Å². The van der Waals surface area contributed by atoms with Crippen molar-refractivity contribution < 1.29 is 9.47 Å². The first-order valence-corrected chi connectivity index (χ1v) is 13.5. The van der Waals surface area contributed by atoms with E-state index in [1.165, 1.54) is 31.2 Å². The highest BCUT2D eigenvalue weighted by atomic mass is 16.5. The molecule has 0 bridgehead atoms. The summed E-state index contributed by atoms with van der Waals surface area (Å²) >= 11 is 0. The Morgan fingerprint density at radius 3 is 2.89 bits per heavy atom. The Morgan fingerprint density at radius 2 is 2.05 bits per heavy atom. The molecule has 7 rings (SSSR count). The van der Waals surface area contributed by atoms with Crippen LogP contribution < -0.4 is 5.73 Å². The molecular weight excluding hydrogens is 468 g/mol. The molecule has 3 aromatic heterocycles. The third kappa shape index (κ3) is 4.36. The predicted molar refractivity (Wildman–Crippen MR) is 140 cm³/mol. The second kappa shape index (κ2) is 9.34. The van der Waals surface area contributed by atoms with E-state index in [1.807, 2.05) is 4.57 Å². The molecule has 3 N–H and O–H groups in total. The summed E-state index contributed by atoms with van der Waals surface area (Å²) in [4.78, 5) is 23.7. The molecule has 0 radical (unpaired) electrons. The average molecular weight is 503 g/mol. The topological polar surface area (TPSA) is 120 Å². The van der Waals surface area contributed by atoms with Crippen LogP contribution in [0.15, 0.2) is 30.9 Å². The lowest BCUT2D eigenvalue weighted by Gasteiger charge is -2.42. The Balaban J connectivity index is 0.880. The number of nitrogens with one attached hydrogen (secondary N) is 1. The van der Waals surface area contributed by atoms with Gasteiger partial charge in [-0.1, -0.05) is 6.07 Å². The number of hydrogen-bond donors (Lipinski definition) is 2. The van der Waals surface area contributed by atoms with Gasteiger partial charge in [-0.15, -0.1) is 0 Å². The molecule has 4 aromatic rings. The smallest absolute Gasteiger partial charge is 0.167 e. The molecule has 1 aliphatic carbocycles. The van der Waals surface area contributed by atoms with Gasteiger partial charge in [-0.3, -0.25) is 4.57 Å². The van der Waals surface area contributed by atoms with Crippen LogP contribution in [0.1, 0.15) is 55.6 Å². The second-order valence-corrected chi connectivity index (χ2v) is 11.0. The first-order valence-electron chi connectivity index (χ1n) is 13.5. The standard InChI is InChI=1S/C27H34N8O2/c1-34(11-20-4-7-24(37-20)35-15-31-25-26(28)29-14-30-27(25)35)19-8-16(9-19)2-6-23-32-21-5-3-17(10-22(21)33-23)18-12-36-13-18/h3,5,10,14-16,18-20,24H,2,4,6-9,11-13H2,1H3,(H,32,33)(H2,28,29,30). The highest BCUT2D eigenvalue weighted by Crippen LogP contribution is 2.37. The lowest BCUT2D eigenvalue weighted by molar-refractivity contribution is -0.0240. The number of anilines is 1. The van der Waals surface area contributed by atoms with Gasteiger partial charge < -0.3 is 25.1 Å². The summed E-state index contributed by atoms with van der Waals surface area (Å²) in [5.74, 6) is 2.83. The lowest BCUT2D eigenvalue weighted by Crippen LogP contribution is -2.45. The van der Waals surface area contributed by atoms with Crippen LogP contribution >= 0.6 is 0 Å². The fourth-order valence-electron chi connectivity index (χ4n) is 6.09. The minimum Gasteiger partial charge on any atom is -0.382 e. The predicted octanol–water partition coefficient (Wildman–Crippen LogP) is 3.42. The van der Waals surface area contributed by atoms with E-state index in [0.717, 1.165) is 67.4 Å². The number of hydrogen-bond acceptors (Lipinski definition) is 8. The number of aromatic nitrogens is 6. The highest BCUT2D eigenvalue weighted by Gasteiger charge is 2.35. The maximum absolute atomic E-state index is 6.40. The summed E-state index contributed by atoms with van der Waals surface area (Å²) in [6.45, 7) is 2.63. The number of imidazole rings is 2. The van der Waals surface area contributed by atoms with Crippen molar-refractivity contribution in [3.63, 3.8) is 0 Å². The van der Waals surface area contributed by atoms with Gasteiger partial charge in [-0.05, 0) is 62.8 Å². The zero-order chi connectivity index (χ0) is 24.9. The zero-order valence-electron chi connectivity index (χ0n) is 21.2. The Kier molecular flexibility index (Phi) is 5.82. The summed E-state index contributed by atoms with van der Waals surface area (Å²) in [5, 5.41) is 0. The van der Waals surface area contributed by atoms with Crippen molar-refractivity contribution in [2.75, 3.05) is 32.5 Å². The molecule has 0 spiro atoms. The van der Waals surface area contributed by atoms with Crippen molar-refractivity contribution in [3.05, 3.63) is 42.2 Å². The molecule has 0 amide bonds. The molecule has 2 unspecified atom stereocenters. The number of rotatable bonds is 8. The third-order valence-electron chi connectivity index (χ3n) is 8.56. The van der Waals surface area contributed by atoms with Gasteiger partial charge in [0, 0.05) is 24.9 Å². The fourth-order valence-corrected chi connectivity index (χ4v) is 6.09. The van der Waals surface area contributed by atoms with E-state index in [0.29, 0.717) is 23.3 Å². The number of aryl methyl sites for hydroxylation is 1. The van der Waals surface area contributed by atoms with Crippen molar-refractivity contribution >= 4 is 28.0 Å². The Labute approximate surface area is 215 Å². The number of ether oxygens (including phenoxy) is 2. The van der Waals surface area contributed by atoms with Crippen LogP contribution in [-0.2, 0) is 15.9 Å². The zero-order valence-corrected chi connectivity index (χ0v) is 21.2. The van der Waals surface area contributed by atoms with E-state index < -0.39 is 0 Å². The molecule has 10 nitrogen and oxygen atoms in total. The number of nitrogens with zero attached hydrogens (tertiary/aromatic N) is 6. The van der Waals surface area contributed by atoms with Crippen molar-refractivity contribution in [1.82, 2.24) is 34.4 Å². The Morgan fingerprint density at radius 1 is 1.16 bits per heavy atom. The molecule has 3 fully saturated rings. The molecule has 10 heteroatoms. The minimum absolute atomic E-state index is 0.0474. The average Bonchev–Trinajstić information content (AvgIpc) is 3.55. The molecule has 2 aliphatic heterocycles. The first kappa shape index (κ1) is 23.1. The molecule has 2 atom stereocenters. The van der Waals surface area contributed by atoms with Crippen LogP contribution in [0.5, 0.6) is 0 Å². The van der Waals surface area contributed by atoms with Crippen LogP contribution in [0.3, 0.4) is 0 Å². The van der Waals surface area contributed by atoms with E-state index in [-0.39, 0.29) is 12.3 Å². The molecule has 3 aliphatic rings. The number of likely N-dealkylation sites (N-methyl/N-ethyl adjacent to an activating group) is 1. The van der Waals surface area contributed by atoms with E-state index >= 15 is 0 Å². The summed E-state index contributed by atoms with van der Waals surface area (Å²) in [6, 6.07) is 7.23. The normalized spacial score (nSPS) is 26.2. The van der Waals surface area contributed by atoms with Crippen LogP contribution in [0.4, 0.5) is 5.82 Å². The summed E-state index contributed by atoms with van der Waals surface area (Å²) in [5.41, 5.74) is 10.9. The van der Waals surface area contributed by atoms with Gasteiger partial charge in [0.15, 0.2) is 11.5 Å². The van der Waals surface area contributed by atoms with E-state index in [4.69, 9.17) is 20.2 Å². The minimum atomic E-state index is -0.0474. The van der Waals surface area contributed by atoms with E-state index in [2.05, 4.69) is 50.1 Å². The molecule has 37 heavy (non-hydrogen) atoms. The number of fused-ring (bicyclic) bond motifs is 2. The molecule has 1 saturated carbocycles. The quantitative estimate of drug-likeness (QED) is 0.376. The molecule has 2 saturated heterocycles. The van der Waals surface area contributed by atoms with Gasteiger partial charge in [-0.2, -0.15) is 0 Å². The molecule has 194 valence electrons. The summed E-state index contributed by atoms with van der Waals surface area (Å²) < 4.78 is 13.7. The van der Waals surface area contributed by atoms with Crippen molar-refractivity contribution in [2.24, 2.45) is 5.92 Å². The number of H-pyrrole nitrogens is 1. The van der Waals surface area contributed by atoms with Crippen LogP contribution in [-0.4, -0.2) is 73.3 Å². The third-order valence-corrected chi connectivity index (χ3v) is 8.56. The number of benzene rings is 1. The Hall–Kier alpha value is -3.08. The van der Waals surface area contributed by atoms with Crippen molar-refractivity contribution in [2.45, 2.75) is 62.8 Å². The first-order chi connectivity index (χ1) is 18.1. The van der Waals surface area contributed by atoms with Gasteiger partial charge in [0.25, 0.3) is 0 Å². The van der Waals surface area contributed by atoms with E-state index in [1.54, 1.807) is 6.33 Å². The van der Waals surface area contributed by atoms with Gasteiger partial charge in [0.1, 0.15) is 23.9 Å². The molecule has 1 aromatic carbocycles. The largest absolute Gasteiger partial charge is 0.382 e. The molecular formula is C27H34N8O2. The van der Waals surface area contributed by atoms with Gasteiger partial charge in [-0.25, -0.2) is 19.9 Å². The lowest BCUT2D eigenvalue weighted by atomic mass is 9.76. The van der Waals surface area contributed by atoms with Crippen LogP contribution in [0.2, 0.25) is 0 Å². The van der Waals surface area contributed by atoms with Crippen LogP contribution in [0, 0.1) is 5.92 Å². The highest BCUT2D eigenvalue weighted by molar-refractivity contribution is 5.81. The monoisotopic (exact) mass is 502 g/mol. The van der Waals surface area contributed by atoms with Crippen LogP contribution in [0.25, 0.3) is 22.2 Å². The SMILES string of the molecule is CN(CC1CCC(n2cnc3c(N)ncnc32)O1)C1CC(CCc2nc3ccc(C4COC4)cc3[nH]2)C1. The van der Waals surface area contributed by atoms with Crippen molar-refractivity contribution in [1.29, 1.82) is 0 Å². The maximum atomic E-state index is 6.40. The number of nitrogens with two attached hydrogens (primary N) is 1. The summed E-state index contributed by atoms with van der Waals surface area (Å²) in [6.07, 6.45) is 10.1. The Bertz CT molecular complexity index is 1410. The van der Waals surface area contributed by atoms with E-state index in [9.17, 15) is 0 Å². The van der Waals surface area contributed by atoms with Crippen molar-refractivity contribution in [3.8, 4) is 0 Å². The van der Waals surface area contributed by atoms with Gasteiger partial charge >= 0.3 is 0 Å².